The molecule has 2 fully saturated rings. The average Bonchev–Trinajstić information content (AvgIpc) is 2.78. The van der Waals surface area contributed by atoms with E-state index in [1.807, 2.05) is 0 Å². The molecule has 0 aromatic rings. The highest BCUT2D eigenvalue weighted by molar-refractivity contribution is 5.02. The van der Waals surface area contributed by atoms with E-state index in [1.165, 1.54) is 51.5 Å². The minimum Gasteiger partial charge on any atom is -0.294 e. The van der Waals surface area contributed by atoms with E-state index in [9.17, 15) is 0 Å². The lowest BCUT2D eigenvalue weighted by atomic mass is 9.83. The number of fused-ring (bicyclic) bond motifs is 1. The van der Waals surface area contributed by atoms with Gasteiger partial charge in [-0.1, -0.05) is 32.4 Å². The van der Waals surface area contributed by atoms with E-state index in [4.69, 9.17) is 0 Å². The highest BCUT2D eigenvalue weighted by Gasteiger charge is 2.38. The SMILES string of the molecule is CC/C=C/[C@@H]1CC[C@@H](CCC)[C@@H]2CCCN12. The van der Waals surface area contributed by atoms with E-state index in [2.05, 4.69) is 30.9 Å². The van der Waals surface area contributed by atoms with Gasteiger partial charge in [-0.25, -0.2) is 0 Å². The van der Waals surface area contributed by atoms with E-state index in [0.29, 0.717) is 0 Å². The first-order valence-corrected chi connectivity index (χ1v) is 7.29. The van der Waals surface area contributed by atoms with Gasteiger partial charge in [0.1, 0.15) is 0 Å². The van der Waals surface area contributed by atoms with Crippen LogP contribution in [0.5, 0.6) is 0 Å². The summed E-state index contributed by atoms with van der Waals surface area (Å²) in [6, 6.07) is 1.68. The standard InChI is InChI=1S/C15H27N/c1-3-5-8-14-11-10-13(7-4-2)15-9-6-12-16(14)15/h5,8,13-15H,3-4,6-7,9-12H2,1-2H3/b8-5+/t13-,14-,15+/m1/s1. The monoisotopic (exact) mass is 221 g/mol. The van der Waals surface area contributed by atoms with Crippen molar-refractivity contribution in [1.29, 1.82) is 0 Å². The predicted molar refractivity (Wildman–Crippen MR) is 70.6 cm³/mol. The molecule has 0 bridgehead atoms. The second-order valence-corrected chi connectivity index (χ2v) is 5.48. The Morgan fingerprint density at radius 3 is 2.81 bits per heavy atom. The van der Waals surface area contributed by atoms with Gasteiger partial charge < -0.3 is 0 Å². The molecule has 0 amide bonds. The minimum atomic E-state index is 0.764. The van der Waals surface area contributed by atoms with Crippen molar-refractivity contribution in [1.82, 2.24) is 4.90 Å². The van der Waals surface area contributed by atoms with Crippen LogP contribution in [0.2, 0.25) is 0 Å². The Kier molecular flexibility index (Phi) is 4.45. The molecule has 1 nitrogen and oxygen atoms in total. The summed E-state index contributed by atoms with van der Waals surface area (Å²) in [4.78, 5) is 2.80. The number of hydrogen-bond donors (Lipinski definition) is 0. The van der Waals surface area contributed by atoms with Crippen LogP contribution in [0.1, 0.15) is 58.8 Å². The third-order valence-corrected chi connectivity index (χ3v) is 4.40. The second-order valence-electron chi connectivity index (χ2n) is 5.48. The fraction of sp³-hybridized carbons (Fsp3) is 0.867. The zero-order valence-electron chi connectivity index (χ0n) is 11.0. The first-order chi connectivity index (χ1) is 7.86. The van der Waals surface area contributed by atoms with E-state index in [0.717, 1.165) is 18.0 Å². The molecule has 0 aromatic carbocycles. The zero-order valence-corrected chi connectivity index (χ0v) is 11.0. The van der Waals surface area contributed by atoms with Gasteiger partial charge >= 0.3 is 0 Å². The van der Waals surface area contributed by atoms with Gasteiger partial charge in [-0.2, -0.15) is 0 Å². The van der Waals surface area contributed by atoms with E-state index < -0.39 is 0 Å². The normalized spacial score (nSPS) is 35.8. The van der Waals surface area contributed by atoms with Crippen molar-refractivity contribution in [2.24, 2.45) is 5.92 Å². The molecule has 3 atom stereocenters. The molecule has 0 spiro atoms. The Bertz CT molecular complexity index is 234. The Labute approximate surface area is 101 Å². The molecule has 0 radical (unpaired) electrons. The number of nitrogens with zero attached hydrogens (tertiary/aromatic N) is 1. The molecule has 0 aliphatic carbocycles. The smallest absolute Gasteiger partial charge is 0.0281 e. The van der Waals surface area contributed by atoms with Crippen LogP contribution in [-0.2, 0) is 0 Å². The Morgan fingerprint density at radius 1 is 1.19 bits per heavy atom. The van der Waals surface area contributed by atoms with Gasteiger partial charge in [0.15, 0.2) is 0 Å². The van der Waals surface area contributed by atoms with Gasteiger partial charge in [0.05, 0.1) is 0 Å². The number of allylic oxidation sites excluding steroid dienone is 1. The highest BCUT2D eigenvalue weighted by atomic mass is 15.2. The third kappa shape index (κ3) is 2.51. The molecule has 16 heavy (non-hydrogen) atoms. The van der Waals surface area contributed by atoms with Gasteiger partial charge in [0.2, 0.25) is 0 Å². The molecular weight excluding hydrogens is 194 g/mol. The molecule has 1 heteroatoms. The highest BCUT2D eigenvalue weighted by Crippen LogP contribution is 2.37. The Morgan fingerprint density at radius 2 is 2.06 bits per heavy atom. The maximum atomic E-state index is 2.80. The largest absolute Gasteiger partial charge is 0.294 e. The Hall–Kier alpha value is -0.300. The van der Waals surface area contributed by atoms with Crippen molar-refractivity contribution >= 4 is 0 Å². The number of hydrogen-bond acceptors (Lipinski definition) is 1. The molecule has 2 heterocycles. The molecular formula is C15H27N. The summed E-state index contributed by atoms with van der Waals surface area (Å²) in [5, 5.41) is 0. The minimum absolute atomic E-state index is 0.764. The lowest BCUT2D eigenvalue weighted by Crippen LogP contribution is -2.46. The quantitative estimate of drug-likeness (QED) is 0.649. The van der Waals surface area contributed by atoms with Crippen LogP contribution in [-0.4, -0.2) is 23.5 Å². The van der Waals surface area contributed by atoms with Crippen LogP contribution in [0, 0.1) is 5.92 Å². The number of piperidine rings is 1. The summed E-state index contributed by atoms with van der Waals surface area (Å²) in [7, 11) is 0. The van der Waals surface area contributed by atoms with Crippen molar-refractivity contribution < 1.29 is 0 Å². The third-order valence-electron chi connectivity index (χ3n) is 4.40. The fourth-order valence-electron chi connectivity index (χ4n) is 3.68. The molecule has 0 saturated carbocycles. The van der Waals surface area contributed by atoms with Crippen molar-refractivity contribution in [2.75, 3.05) is 6.54 Å². The average molecular weight is 221 g/mol. The first kappa shape index (κ1) is 12.2. The van der Waals surface area contributed by atoms with Gasteiger partial charge in [-0.05, 0) is 51.0 Å². The molecule has 92 valence electrons. The first-order valence-electron chi connectivity index (χ1n) is 7.29. The lowest BCUT2D eigenvalue weighted by Gasteiger charge is -2.41. The van der Waals surface area contributed by atoms with E-state index in [1.54, 1.807) is 0 Å². The molecule has 2 aliphatic heterocycles. The lowest BCUT2D eigenvalue weighted by molar-refractivity contribution is 0.0922. The van der Waals surface area contributed by atoms with Crippen LogP contribution < -0.4 is 0 Å². The van der Waals surface area contributed by atoms with Crippen molar-refractivity contribution in [3.63, 3.8) is 0 Å². The van der Waals surface area contributed by atoms with Crippen LogP contribution in [0.15, 0.2) is 12.2 Å². The van der Waals surface area contributed by atoms with Crippen LogP contribution >= 0.6 is 0 Å². The topological polar surface area (TPSA) is 3.24 Å². The van der Waals surface area contributed by atoms with Crippen LogP contribution in [0.25, 0.3) is 0 Å². The van der Waals surface area contributed by atoms with Crippen molar-refractivity contribution in [2.45, 2.75) is 70.9 Å². The van der Waals surface area contributed by atoms with Crippen molar-refractivity contribution in [3.8, 4) is 0 Å². The second kappa shape index (κ2) is 5.86. The van der Waals surface area contributed by atoms with Gasteiger partial charge in [-0.15, -0.1) is 0 Å². The van der Waals surface area contributed by atoms with Gasteiger partial charge in [0.25, 0.3) is 0 Å². The molecule has 0 aromatic heterocycles. The number of rotatable bonds is 4. The predicted octanol–water partition coefficient (Wildman–Crippen LogP) is 4.00. The summed E-state index contributed by atoms with van der Waals surface area (Å²) < 4.78 is 0. The molecule has 0 N–H and O–H groups in total. The Balaban J connectivity index is 1.99. The maximum absolute atomic E-state index is 2.80. The van der Waals surface area contributed by atoms with Crippen molar-refractivity contribution in [3.05, 3.63) is 12.2 Å². The summed E-state index contributed by atoms with van der Waals surface area (Å²) in [5.74, 6) is 0.999. The summed E-state index contributed by atoms with van der Waals surface area (Å²) >= 11 is 0. The van der Waals surface area contributed by atoms with Crippen LogP contribution in [0.3, 0.4) is 0 Å². The molecule has 2 saturated heterocycles. The van der Waals surface area contributed by atoms with E-state index >= 15 is 0 Å². The van der Waals surface area contributed by atoms with Gasteiger partial charge in [0, 0.05) is 12.1 Å². The van der Waals surface area contributed by atoms with E-state index in [-0.39, 0.29) is 0 Å². The fourth-order valence-corrected chi connectivity index (χ4v) is 3.68. The van der Waals surface area contributed by atoms with Crippen LogP contribution in [0.4, 0.5) is 0 Å². The van der Waals surface area contributed by atoms with Gasteiger partial charge in [-0.3, -0.25) is 4.90 Å². The summed E-state index contributed by atoms with van der Waals surface area (Å²) in [6.45, 7) is 5.92. The zero-order chi connectivity index (χ0) is 11.4. The summed E-state index contributed by atoms with van der Waals surface area (Å²) in [5.41, 5.74) is 0. The molecule has 2 rings (SSSR count). The molecule has 2 aliphatic rings. The molecule has 0 unspecified atom stereocenters. The summed E-state index contributed by atoms with van der Waals surface area (Å²) in [6.07, 6.45) is 14.6. The maximum Gasteiger partial charge on any atom is 0.0281 e.